The van der Waals surface area contributed by atoms with Crippen LogP contribution in [-0.2, 0) is 15.7 Å². The van der Waals surface area contributed by atoms with Crippen molar-refractivity contribution in [1.82, 2.24) is 14.9 Å². The number of piperidine rings is 1. The molecule has 0 spiro atoms. The van der Waals surface area contributed by atoms with Gasteiger partial charge in [-0.1, -0.05) is 43.3 Å². The number of hydrogen-bond donors (Lipinski definition) is 1. The first-order valence-electron chi connectivity index (χ1n) is 12.1. The van der Waals surface area contributed by atoms with Gasteiger partial charge in [0.2, 0.25) is 0 Å². The molecule has 188 valence electrons. The highest BCUT2D eigenvalue weighted by atomic mass is 32.2. The van der Waals surface area contributed by atoms with Crippen molar-refractivity contribution >= 4 is 17.0 Å². The van der Waals surface area contributed by atoms with Crippen LogP contribution in [0, 0.1) is 5.92 Å². The maximum absolute atomic E-state index is 12.2. The Morgan fingerprint density at radius 2 is 1.74 bits per heavy atom. The highest BCUT2D eigenvalue weighted by Gasteiger charge is 2.24. The summed E-state index contributed by atoms with van der Waals surface area (Å²) >= 11 is 0. The fourth-order valence-electron chi connectivity index (χ4n) is 3.93. The van der Waals surface area contributed by atoms with Crippen LogP contribution in [0.1, 0.15) is 38.4 Å². The highest BCUT2D eigenvalue weighted by molar-refractivity contribution is 7.83. The molecule has 1 fully saturated rings. The monoisotopic (exact) mass is 498 g/mol. The van der Waals surface area contributed by atoms with Gasteiger partial charge in [-0.2, -0.15) is 4.98 Å². The molecule has 1 aliphatic rings. The number of methoxy groups -OCH3 is 1. The van der Waals surface area contributed by atoms with Crippen LogP contribution in [0.25, 0.3) is 11.1 Å². The molecule has 0 saturated carbocycles. The van der Waals surface area contributed by atoms with Crippen LogP contribution < -0.4 is 14.4 Å². The van der Waals surface area contributed by atoms with E-state index in [1.807, 2.05) is 36.4 Å². The molecule has 0 radical (unpaired) electrons. The van der Waals surface area contributed by atoms with Crippen molar-refractivity contribution < 1.29 is 18.2 Å². The van der Waals surface area contributed by atoms with Gasteiger partial charge in [-0.25, -0.2) is 8.93 Å². The zero-order valence-electron chi connectivity index (χ0n) is 20.6. The summed E-state index contributed by atoms with van der Waals surface area (Å²) in [6.07, 6.45) is 2.07. The molecule has 3 aromatic rings. The topological polar surface area (TPSA) is 89.7 Å². The lowest BCUT2D eigenvalue weighted by Gasteiger charge is -2.30. The average molecular weight is 499 g/mol. The Bertz CT molecular complexity index is 1080. The van der Waals surface area contributed by atoms with E-state index in [2.05, 4.69) is 45.7 Å². The Balaban J connectivity index is 1.23. The van der Waals surface area contributed by atoms with Gasteiger partial charge in [0.15, 0.2) is 5.82 Å². The number of ether oxygens (including phenoxy) is 2. The van der Waals surface area contributed by atoms with E-state index in [0.29, 0.717) is 31.7 Å². The highest BCUT2D eigenvalue weighted by Crippen LogP contribution is 2.26. The van der Waals surface area contributed by atoms with Gasteiger partial charge in [0.1, 0.15) is 16.7 Å². The van der Waals surface area contributed by atoms with E-state index in [1.165, 1.54) is 0 Å². The van der Waals surface area contributed by atoms with Crippen LogP contribution in [0.15, 0.2) is 57.9 Å². The van der Waals surface area contributed by atoms with E-state index < -0.39 is 11.0 Å². The molecule has 2 heterocycles. The lowest BCUT2D eigenvalue weighted by Crippen LogP contribution is -2.35. The van der Waals surface area contributed by atoms with E-state index in [-0.39, 0.29) is 5.92 Å². The predicted molar refractivity (Wildman–Crippen MR) is 137 cm³/mol. The zero-order chi connectivity index (χ0) is 24.6. The van der Waals surface area contributed by atoms with Gasteiger partial charge in [0, 0.05) is 32.7 Å². The Labute approximate surface area is 209 Å². The van der Waals surface area contributed by atoms with Crippen molar-refractivity contribution in [1.29, 1.82) is 0 Å². The standard InChI is InChI=1S/C26H34N4O4S/c1-19(2)25-28-26(34-29-25)30-15-12-20(13-16-30)18-33-23-8-4-21(5-9-23)22-6-10-24(11-7-22)35(31)27-14-17-32-3/h4-11,19-20,27H,12-18H2,1-3H3. The zero-order valence-corrected chi connectivity index (χ0v) is 21.4. The van der Waals surface area contributed by atoms with Crippen LogP contribution in [0.4, 0.5) is 6.01 Å². The quantitative estimate of drug-likeness (QED) is 0.392. The number of rotatable bonds is 11. The normalized spacial score (nSPS) is 15.5. The molecular formula is C26H34N4O4S. The molecule has 0 aliphatic carbocycles. The van der Waals surface area contributed by atoms with Gasteiger partial charge < -0.3 is 18.9 Å². The molecule has 2 aromatic carbocycles. The largest absolute Gasteiger partial charge is 0.493 e. The number of nitrogens with zero attached hydrogens (tertiary/aromatic N) is 3. The second kappa shape index (κ2) is 12.3. The summed E-state index contributed by atoms with van der Waals surface area (Å²) in [4.78, 5) is 7.42. The van der Waals surface area contributed by atoms with Crippen molar-refractivity contribution in [2.45, 2.75) is 37.5 Å². The number of hydrogen-bond acceptors (Lipinski definition) is 7. The summed E-state index contributed by atoms with van der Waals surface area (Å²) in [6, 6.07) is 16.5. The van der Waals surface area contributed by atoms with Gasteiger partial charge >= 0.3 is 6.01 Å². The second-order valence-corrected chi connectivity index (χ2v) is 10.3. The molecule has 1 saturated heterocycles. The van der Waals surface area contributed by atoms with Gasteiger partial charge in [-0.15, -0.1) is 0 Å². The summed E-state index contributed by atoms with van der Waals surface area (Å²) < 4.78 is 31.7. The summed E-state index contributed by atoms with van der Waals surface area (Å²) in [5.74, 6) is 2.40. The molecule has 35 heavy (non-hydrogen) atoms. The van der Waals surface area contributed by atoms with Crippen LogP contribution >= 0.6 is 0 Å². The van der Waals surface area contributed by atoms with Crippen molar-refractivity contribution in [3.63, 3.8) is 0 Å². The van der Waals surface area contributed by atoms with Gasteiger partial charge in [-0.05, 0) is 54.2 Å². The van der Waals surface area contributed by atoms with Gasteiger partial charge in [0.25, 0.3) is 0 Å². The summed E-state index contributed by atoms with van der Waals surface area (Å²) in [6.45, 7) is 7.69. The minimum Gasteiger partial charge on any atom is -0.493 e. The first-order valence-corrected chi connectivity index (χ1v) is 13.2. The van der Waals surface area contributed by atoms with E-state index in [1.54, 1.807) is 7.11 Å². The van der Waals surface area contributed by atoms with Crippen LogP contribution in [-0.4, -0.2) is 54.3 Å². The first kappa shape index (κ1) is 25.3. The summed E-state index contributed by atoms with van der Waals surface area (Å²) in [5, 5.41) is 4.07. The lowest BCUT2D eigenvalue weighted by atomic mass is 9.98. The van der Waals surface area contributed by atoms with Crippen LogP contribution in [0.2, 0.25) is 0 Å². The first-order chi connectivity index (χ1) is 17.0. The van der Waals surface area contributed by atoms with Gasteiger partial charge in [0.05, 0.1) is 18.1 Å². The Morgan fingerprint density at radius 1 is 1.09 bits per heavy atom. The van der Waals surface area contributed by atoms with Crippen molar-refractivity contribution in [3.8, 4) is 16.9 Å². The lowest BCUT2D eigenvalue weighted by molar-refractivity contribution is 0.205. The molecule has 9 heteroatoms. The maximum atomic E-state index is 12.2. The molecule has 1 unspecified atom stereocenters. The van der Waals surface area contributed by atoms with E-state index in [0.717, 1.165) is 53.5 Å². The number of nitrogens with one attached hydrogen (secondary N) is 1. The van der Waals surface area contributed by atoms with Crippen molar-refractivity contribution in [3.05, 3.63) is 54.4 Å². The van der Waals surface area contributed by atoms with E-state index in [4.69, 9.17) is 14.0 Å². The molecule has 4 rings (SSSR count). The Hall–Kier alpha value is -2.75. The van der Waals surface area contributed by atoms with Gasteiger partial charge in [-0.3, -0.25) is 0 Å². The van der Waals surface area contributed by atoms with Crippen molar-refractivity contribution in [2.24, 2.45) is 5.92 Å². The molecule has 1 N–H and O–H groups in total. The average Bonchev–Trinajstić information content (AvgIpc) is 3.39. The van der Waals surface area contributed by atoms with Crippen LogP contribution in [0.3, 0.4) is 0 Å². The fraction of sp³-hybridized carbons (Fsp3) is 0.462. The molecule has 0 bridgehead atoms. The third-order valence-corrected chi connectivity index (χ3v) is 7.28. The molecule has 8 nitrogen and oxygen atoms in total. The third-order valence-electron chi connectivity index (χ3n) is 6.11. The minimum absolute atomic E-state index is 0.267. The molecular weight excluding hydrogens is 464 g/mol. The minimum atomic E-state index is -1.24. The number of anilines is 1. The van der Waals surface area contributed by atoms with E-state index >= 15 is 0 Å². The third kappa shape index (κ3) is 6.90. The second-order valence-electron chi connectivity index (χ2n) is 9.04. The van der Waals surface area contributed by atoms with Crippen LogP contribution in [0.5, 0.6) is 5.75 Å². The SMILES string of the molecule is COCCNS(=O)c1ccc(-c2ccc(OCC3CCN(c4nc(C(C)C)no4)CC3)cc2)cc1. The fourth-order valence-corrected chi connectivity index (χ4v) is 4.75. The smallest absolute Gasteiger partial charge is 0.324 e. The molecule has 1 aliphatic heterocycles. The Morgan fingerprint density at radius 3 is 2.34 bits per heavy atom. The summed E-state index contributed by atoms with van der Waals surface area (Å²) in [5.41, 5.74) is 2.17. The Kier molecular flexibility index (Phi) is 8.90. The molecule has 1 atom stereocenters. The molecule has 1 aromatic heterocycles. The number of aromatic nitrogens is 2. The van der Waals surface area contributed by atoms with Crippen molar-refractivity contribution in [2.75, 3.05) is 44.9 Å². The summed E-state index contributed by atoms with van der Waals surface area (Å²) in [7, 11) is 0.387. The maximum Gasteiger partial charge on any atom is 0.324 e. The molecule has 0 amide bonds. The predicted octanol–water partition coefficient (Wildman–Crippen LogP) is 4.41. The number of benzene rings is 2. The van der Waals surface area contributed by atoms with E-state index in [9.17, 15) is 4.21 Å².